The molecule has 1 heterocycles. The lowest BCUT2D eigenvalue weighted by Crippen LogP contribution is -2.18. The van der Waals surface area contributed by atoms with Gasteiger partial charge >= 0.3 is 0 Å². The number of nitrogens with two attached hydrogens (primary N) is 1. The Morgan fingerprint density at radius 2 is 2.04 bits per heavy atom. The summed E-state index contributed by atoms with van der Waals surface area (Å²) < 4.78 is 5.20. The molecule has 144 valence electrons. The van der Waals surface area contributed by atoms with E-state index in [1.165, 1.54) is 7.11 Å². The number of carbonyl (C=O) groups excluding carboxylic acids is 1. The van der Waals surface area contributed by atoms with Crippen LogP contribution in [0.1, 0.15) is 33.0 Å². The van der Waals surface area contributed by atoms with Gasteiger partial charge in [-0.05, 0) is 65.1 Å². The third-order valence-electron chi connectivity index (χ3n) is 4.78. The smallest absolute Gasteiger partial charge is 0.249 e. The lowest BCUT2D eigenvalue weighted by Gasteiger charge is -2.20. The number of ether oxygens (including phenoxy) is 1. The van der Waals surface area contributed by atoms with E-state index in [4.69, 9.17) is 22.1 Å². The molecule has 0 fully saturated rings. The Balaban J connectivity index is 2.16. The molecule has 2 aromatic carbocycles. The number of hydrogen-bond acceptors (Lipinski definition) is 4. The Morgan fingerprint density at radius 1 is 1.25 bits per heavy atom. The van der Waals surface area contributed by atoms with Gasteiger partial charge in [-0.3, -0.25) is 9.78 Å². The van der Waals surface area contributed by atoms with Crippen LogP contribution < -0.4 is 10.5 Å². The maximum Gasteiger partial charge on any atom is 0.249 e. The second-order valence-corrected chi connectivity index (χ2v) is 6.89. The number of carbonyl (C=O) groups is 1. The van der Waals surface area contributed by atoms with E-state index in [2.05, 4.69) is 4.98 Å². The third kappa shape index (κ3) is 3.86. The molecule has 0 aliphatic rings. The predicted molar refractivity (Wildman–Crippen MR) is 110 cm³/mol. The van der Waals surface area contributed by atoms with Crippen molar-refractivity contribution in [2.45, 2.75) is 12.8 Å². The van der Waals surface area contributed by atoms with E-state index in [0.29, 0.717) is 21.9 Å². The summed E-state index contributed by atoms with van der Waals surface area (Å²) in [6, 6.07) is 12.6. The first-order valence-corrected chi connectivity index (χ1v) is 9.13. The van der Waals surface area contributed by atoms with Crippen molar-refractivity contribution < 1.29 is 14.6 Å². The molecular formula is C22H21ClN2O3. The average Bonchev–Trinajstić information content (AvgIpc) is 2.69. The molecule has 1 atom stereocenters. The Bertz CT molecular complexity index is 1020. The normalized spacial score (nSPS) is 11.9. The quantitative estimate of drug-likeness (QED) is 0.660. The Morgan fingerprint density at radius 3 is 2.64 bits per heavy atom. The van der Waals surface area contributed by atoms with Crippen LogP contribution in [0.3, 0.4) is 0 Å². The Labute approximate surface area is 168 Å². The van der Waals surface area contributed by atoms with Crippen molar-refractivity contribution in [1.29, 1.82) is 0 Å². The molecule has 3 N–H and O–H groups in total. The van der Waals surface area contributed by atoms with Crippen LogP contribution in [-0.4, -0.2) is 29.7 Å². The van der Waals surface area contributed by atoms with Gasteiger partial charge in [-0.1, -0.05) is 23.7 Å². The van der Waals surface area contributed by atoms with E-state index in [9.17, 15) is 9.90 Å². The molecule has 0 aliphatic heterocycles. The van der Waals surface area contributed by atoms with Crippen molar-refractivity contribution in [3.8, 4) is 16.9 Å². The van der Waals surface area contributed by atoms with E-state index >= 15 is 0 Å². The van der Waals surface area contributed by atoms with Crippen LogP contribution in [0.4, 0.5) is 0 Å². The number of aliphatic hydroxyl groups excluding tert-OH is 1. The molecule has 1 aromatic heterocycles. The van der Waals surface area contributed by atoms with Crippen molar-refractivity contribution >= 4 is 17.5 Å². The van der Waals surface area contributed by atoms with E-state index in [1.807, 2.05) is 31.2 Å². The summed E-state index contributed by atoms with van der Waals surface area (Å²) in [5.41, 5.74) is 10.3. The highest BCUT2D eigenvalue weighted by atomic mass is 35.5. The van der Waals surface area contributed by atoms with Gasteiger partial charge in [-0.2, -0.15) is 0 Å². The van der Waals surface area contributed by atoms with Gasteiger partial charge in [0.15, 0.2) is 0 Å². The number of methoxy groups -OCH3 is 1. The lowest BCUT2D eigenvalue weighted by atomic mass is 9.86. The fraction of sp³-hybridized carbons (Fsp3) is 0.182. The number of benzene rings is 2. The van der Waals surface area contributed by atoms with Gasteiger partial charge in [-0.15, -0.1) is 0 Å². The first kappa shape index (κ1) is 19.9. The van der Waals surface area contributed by atoms with Crippen LogP contribution in [0.2, 0.25) is 5.02 Å². The standard InChI is InChI=1S/C22H21ClN2O3/c1-13-11-25-8-7-16(13)14-3-5-17(22(24)27)18(9-14)19(12-26)15-4-6-21(28-2)20(23)10-15/h3-11,19,26H,12H2,1-2H3,(H2,24,27). The summed E-state index contributed by atoms with van der Waals surface area (Å²) in [6.45, 7) is 1.76. The van der Waals surface area contributed by atoms with Gasteiger partial charge in [0, 0.05) is 23.9 Å². The highest BCUT2D eigenvalue weighted by Gasteiger charge is 2.21. The second-order valence-electron chi connectivity index (χ2n) is 6.49. The number of rotatable bonds is 6. The van der Waals surface area contributed by atoms with Gasteiger partial charge < -0.3 is 15.6 Å². The average molecular weight is 397 g/mol. The minimum absolute atomic E-state index is 0.207. The molecule has 1 unspecified atom stereocenters. The zero-order valence-electron chi connectivity index (χ0n) is 15.6. The number of aromatic nitrogens is 1. The molecule has 0 saturated carbocycles. The van der Waals surface area contributed by atoms with Crippen LogP contribution in [0.25, 0.3) is 11.1 Å². The summed E-state index contributed by atoms with van der Waals surface area (Å²) in [4.78, 5) is 16.2. The van der Waals surface area contributed by atoms with Gasteiger partial charge in [0.1, 0.15) is 5.75 Å². The van der Waals surface area contributed by atoms with E-state index < -0.39 is 11.8 Å². The molecule has 3 rings (SSSR count). The van der Waals surface area contributed by atoms with Gasteiger partial charge in [0.05, 0.1) is 18.7 Å². The number of pyridine rings is 1. The highest BCUT2D eigenvalue weighted by Crippen LogP contribution is 2.35. The fourth-order valence-corrected chi connectivity index (χ4v) is 3.59. The Kier molecular flexibility index (Phi) is 5.97. The maximum atomic E-state index is 12.0. The number of hydrogen-bond donors (Lipinski definition) is 2. The monoisotopic (exact) mass is 396 g/mol. The number of primary amides is 1. The molecule has 28 heavy (non-hydrogen) atoms. The SMILES string of the molecule is COc1ccc(C(CO)c2cc(-c3ccncc3C)ccc2C(N)=O)cc1Cl. The first-order chi connectivity index (χ1) is 13.5. The zero-order chi connectivity index (χ0) is 20.3. The molecule has 5 nitrogen and oxygen atoms in total. The lowest BCUT2D eigenvalue weighted by molar-refractivity contribution is 0.0999. The predicted octanol–water partition coefficient (Wildman–Crippen LogP) is 3.94. The number of aliphatic hydroxyl groups is 1. The van der Waals surface area contributed by atoms with E-state index in [1.54, 1.807) is 30.6 Å². The van der Waals surface area contributed by atoms with Crippen molar-refractivity contribution in [2.24, 2.45) is 5.73 Å². The van der Waals surface area contributed by atoms with Gasteiger partial charge in [0.2, 0.25) is 5.91 Å². The van der Waals surface area contributed by atoms with Crippen molar-refractivity contribution in [2.75, 3.05) is 13.7 Å². The van der Waals surface area contributed by atoms with Crippen molar-refractivity contribution in [1.82, 2.24) is 4.98 Å². The highest BCUT2D eigenvalue weighted by molar-refractivity contribution is 6.32. The topological polar surface area (TPSA) is 85.4 Å². The zero-order valence-corrected chi connectivity index (χ0v) is 16.4. The van der Waals surface area contributed by atoms with E-state index in [0.717, 1.165) is 22.3 Å². The summed E-state index contributed by atoms with van der Waals surface area (Å²) in [7, 11) is 1.54. The molecular weight excluding hydrogens is 376 g/mol. The van der Waals surface area contributed by atoms with Crippen LogP contribution in [-0.2, 0) is 0 Å². The molecule has 0 bridgehead atoms. The van der Waals surface area contributed by atoms with Crippen LogP contribution in [0.5, 0.6) is 5.75 Å². The summed E-state index contributed by atoms with van der Waals surface area (Å²) in [5.74, 6) is -0.475. The number of nitrogens with zero attached hydrogens (tertiary/aromatic N) is 1. The number of halogens is 1. The van der Waals surface area contributed by atoms with Crippen molar-refractivity contribution in [3.05, 3.63) is 82.1 Å². The molecule has 0 aliphatic carbocycles. The summed E-state index contributed by atoms with van der Waals surface area (Å²) >= 11 is 6.26. The number of aryl methyl sites for hydroxylation is 1. The fourth-order valence-electron chi connectivity index (χ4n) is 3.32. The molecule has 3 aromatic rings. The minimum atomic E-state index is -0.550. The second kappa shape index (κ2) is 8.42. The van der Waals surface area contributed by atoms with Crippen LogP contribution in [0.15, 0.2) is 54.9 Å². The molecule has 0 spiro atoms. The molecule has 0 saturated heterocycles. The Hall–Kier alpha value is -2.89. The third-order valence-corrected chi connectivity index (χ3v) is 5.08. The molecule has 0 radical (unpaired) electrons. The largest absolute Gasteiger partial charge is 0.495 e. The van der Waals surface area contributed by atoms with Crippen molar-refractivity contribution in [3.63, 3.8) is 0 Å². The first-order valence-electron chi connectivity index (χ1n) is 8.75. The van der Waals surface area contributed by atoms with E-state index in [-0.39, 0.29) is 6.61 Å². The van der Waals surface area contributed by atoms with Gasteiger partial charge in [0.25, 0.3) is 0 Å². The van der Waals surface area contributed by atoms with Crippen LogP contribution in [0, 0.1) is 6.92 Å². The summed E-state index contributed by atoms with van der Waals surface area (Å²) in [5, 5.41) is 10.6. The van der Waals surface area contributed by atoms with Gasteiger partial charge in [-0.25, -0.2) is 0 Å². The molecule has 6 heteroatoms. The number of amides is 1. The minimum Gasteiger partial charge on any atom is -0.495 e. The maximum absolute atomic E-state index is 12.0. The van der Waals surface area contributed by atoms with Crippen LogP contribution >= 0.6 is 11.6 Å². The molecule has 1 amide bonds. The summed E-state index contributed by atoms with van der Waals surface area (Å²) in [6.07, 6.45) is 3.50.